The van der Waals surface area contributed by atoms with Gasteiger partial charge in [0, 0.05) is 29.7 Å². The van der Waals surface area contributed by atoms with Crippen molar-refractivity contribution in [3.63, 3.8) is 0 Å². The van der Waals surface area contributed by atoms with E-state index in [9.17, 15) is 4.79 Å². The minimum atomic E-state index is -0.133. The molecule has 0 radical (unpaired) electrons. The van der Waals surface area contributed by atoms with Crippen LogP contribution in [0.5, 0.6) is 0 Å². The van der Waals surface area contributed by atoms with E-state index in [1.165, 1.54) is 0 Å². The van der Waals surface area contributed by atoms with Gasteiger partial charge in [0.05, 0.1) is 18.7 Å². The number of fused-ring (bicyclic) bond motifs is 1. The molecular weight excluding hydrogens is 328 g/mol. The molecule has 1 aliphatic heterocycles. The summed E-state index contributed by atoms with van der Waals surface area (Å²) in [6.07, 6.45) is 1.57. The summed E-state index contributed by atoms with van der Waals surface area (Å²) in [7, 11) is 0. The number of ether oxygens (including phenoxy) is 1. The largest absolute Gasteiger partial charge is 0.378 e. The molecule has 1 saturated heterocycles. The molecule has 3 aromatic rings. The Labute approximate surface area is 151 Å². The van der Waals surface area contributed by atoms with Crippen LogP contribution in [0.15, 0.2) is 48.8 Å². The van der Waals surface area contributed by atoms with Gasteiger partial charge in [-0.3, -0.25) is 4.79 Å². The summed E-state index contributed by atoms with van der Waals surface area (Å²) < 4.78 is 5.41. The predicted octanol–water partition coefficient (Wildman–Crippen LogP) is 3.03. The molecular formula is C20H20N4O2. The van der Waals surface area contributed by atoms with Crippen LogP contribution < -0.4 is 10.2 Å². The molecule has 0 spiro atoms. The molecule has 1 aromatic heterocycles. The fourth-order valence-electron chi connectivity index (χ4n) is 3.06. The molecule has 2 heterocycles. The molecule has 26 heavy (non-hydrogen) atoms. The number of benzene rings is 2. The maximum Gasteiger partial charge on any atom is 0.255 e. The van der Waals surface area contributed by atoms with Crippen LogP contribution in [-0.4, -0.2) is 42.2 Å². The fourth-order valence-corrected chi connectivity index (χ4v) is 3.06. The zero-order valence-corrected chi connectivity index (χ0v) is 14.6. The Balaban J connectivity index is 1.59. The third kappa shape index (κ3) is 3.36. The number of hydrogen-bond donors (Lipinski definition) is 1. The molecule has 0 saturated carbocycles. The van der Waals surface area contributed by atoms with Gasteiger partial charge < -0.3 is 15.0 Å². The Bertz CT molecular complexity index is 934. The maximum absolute atomic E-state index is 12.4. The average Bonchev–Trinajstić information content (AvgIpc) is 2.68. The number of nitrogens with one attached hydrogen (secondary N) is 1. The lowest BCUT2D eigenvalue weighted by atomic mass is 10.1. The van der Waals surface area contributed by atoms with Crippen molar-refractivity contribution in [2.24, 2.45) is 0 Å². The summed E-state index contributed by atoms with van der Waals surface area (Å²) in [6.45, 7) is 5.04. The molecule has 1 aliphatic rings. The standard InChI is InChI=1S/C20H20N4O2/c1-14-2-4-15(5-3-14)20(25)23-16-6-7-17-18(12-16)21-13-22-19(17)24-8-10-26-11-9-24/h2-7,12-13H,8-11H2,1H3,(H,23,25). The van der Waals surface area contributed by atoms with Crippen molar-refractivity contribution in [2.45, 2.75) is 6.92 Å². The lowest BCUT2D eigenvalue weighted by Gasteiger charge is -2.28. The fraction of sp³-hybridized carbons (Fsp3) is 0.250. The van der Waals surface area contributed by atoms with Gasteiger partial charge in [0.1, 0.15) is 12.1 Å². The number of morpholine rings is 1. The third-order valence-corrected chi connectivity index (χ3v) is 4.50. The van der Waals surface area contributed by atoms with Gasteiger partial charge in [0.25, 0.3) is 5.91 Å². The van der Waals surface area contributed by atoms with Crippen LogP contribution >= 0.6 is 0 Å². The summed E-state index contributed by atoms with van der Waals surface area (Å²) in [4.78, 5) is 23.4. The predicted molar refractivity (Wildman–Crippen MR) is 102 cm³/mol. The second-order valence-electron chi connectivity index (χ2n) is 6.35. The molecule has 0 atom stereocenters. The van der Waals surface area contributed by atoms with E-state index in [1.54, 1.807) is 6.33 Å². The van der Waals surface area contributed by atoms with Crippen molar-refractivity contribution < 1.29 is 9.53 Å². The number of aromatic nitrogens is 2. The van der Waals surface area contributed by atoms with Gasteiger partial charge in [-0.1, -0.05) is 17.7 Å². The van der Waals surface area contributed by atoms with Crippen LogP contribution in [0.3, 0.4) is 0 Å². The van der Waals surface area contributed by atoms with E-state index in [4.69, 9.17) is 4.74 Å². The molecule has 0 unspecified atom stereocenters. The minimum absolute atomic E-state index is 0.133. The Hall–Kier alpha value is -2.99. The van der Waals surface area contributed by atoms with Gasteiger partial charge in [0.15, 0.2) is 0 Å². The number of rotatable bonds is 3. The van der Waals surface area contributed by atoms with Gasteiger partial charge in [-0.15, -0.1) is 0 Å². The lowest BCUT2D eigenvalue weighted by Crippen LogP contribution is -2.36. The van der Waals surface area contributed by atoms with Gasteiger partial charge >= 0.3 is 0 Å². The molecule has 0 aliphatic carbocycles. The average molecular weight is 348 g/mol. The van der Waals surface area contributed by atoms with Gasteiger partial charge in [-0.25, -0.2) is 9.97 Å². The highest BCUT2D eigenvalue weighted by Crippen LogP contribution is 2.26. The quantitative estimate of drug-likeness (QED) is 0.788. The Kier molecular flexibility index (Phi) is 4.50. The molecule has 4 rings (SSSR count). The van der Waals surface area contributed by atoms with Crippen LogP contribution in [0.25, 0.3) is 10.9 Å². The monoisotopic (exact) mass is 348 g/mol. The van der Waals surface area contributed by atoms with Crippen LogP contribution in [0.2, 0.25) is 0 Å². The number of aryl methyl sites for hydroxylation is 1. The zero-order valence-electron chi connectivity index (χ0n) is 14.6. The Morgan fingerprint density at radius 2 is 1.85 bits per heavy atom. The van der Waals surface area contributed by atoms with E-state index < -0.39 is 0 Å². The number of nitrogens with zero attached hydrogens (tertiary/aromatic N) is 3. The van der Waals surface area contributed by atoms with Gasteiger partial charge in [-0.05, 0) is 37.3 Å². The second-order valence-corrected chi connectivity index (χ2v) is 6.35. The first-order valence-electron chi connectivity index (χ1n) is 8.66. The number of amides is 1. The molecule has 2 aromatic carbocycles. The highest BCUT2D eigenvalue weighted by molar-refractivity contribution is 6.05. The van der Waals surface area contributed by atoms with Crippen molar-refractivity contribution in [3.8, 4) is 0 Å². The van der Waals surface area contributed by atoms with Crippen LogP contribution in [-0.2, 0) is 4.74 Å². The van der Waals surface area contributed by atoms with E-state index in [0.717, 1.165) is 41.1 Å². The SMILES string of the molecule is Cc1ccc(C(=O)Nc2ccc3c(N4CCOCC4)ncnc3c2)cc1. The minimum Gasteiger partial charge on any atom is -0.378 e. The van der Waals surface area contributed by atoms with E-state index in [0.29, 0.717) is 18.8 Å². The number of carbonyl (C=O) groups is 1. The van der Waals surface area contributed by atoms with E-state index in [-0.39, 0.29) is 5.91 Å². The molecule has 0 bridgehead atoms. The van der Waals surface area contributed by atoms with Crippen molar-refractivity contribution >= 4 is 28.3 Å². The van der Waals surface area contributed by atoms with Gasteiger partial charge in [-0.2, -0.15) is 0 Å². The first-order chi connectivity index (χ1) is 12.7. The summed E-state index contributed by atoms with van der Waals surface area (Å²) in [5.74, 6) is 0.779. The van der Waals surface area contributed by atoms with Crippen molar-refractivity contribution in [1.82, 2.24) is 9.97 Å². The molecule has 6 heteroatoms. The maximum atomic E-state index is 12.4. The van der Waals surface area contributed by atoms with Crippen molar-refractivity contribution in [2.75, 3.05) is 36.5 Å². The Morgan fingerprint density at radius 3 is 2.62 bits per heavy atom. The normalized spacial score (nSPS) is 14.4. The first-order valence-corrected chi connectivity index (χ1v) is 8.66. The molecule has 1 amide bonds. The smallest absolute Gasteiger partial charge is 0.255 e. The van der Waals surface area contributed by atoms with Crippen molar-refractivity contribution in [3.05, 3.63) is 59.9 Å². The first kappa shape index (κ1) is 16.5. The number of anilines is 2. The van der Waals surface area contributed by atoms with Crippen molar-refractivity contribution in [1.29, 1.82) is 0 Å². The van der Waals surface area contributed by atoms with Crippen LogP contribution in [0.1, 0.15) is 15.9 Å². The van der Waals surface area contributed by atoms with E-state index in [2.05, 4.69) is 20.2 Å². The third-order valence-electron chi connectivity index (χ3n) is 4.50. The molecule has 1 N–H and O–H groups in total. The topological polar surface area (TPSA) is 67.4 Å². The summed E-state index contributed by atoms with van der Waals surface area (Å²) in [5, 5.41) is 3.91. The summed E-state index contributed by atoms with van der Waals surface area (Å²) >= 11 is 0. The molecule has 132 valence electrons. The molecule has 6 nitrogen and oxygen atoms in total. The van der Waals surface area contributed by atoms with Crippen LogP contribution in [0, 0.1) is 6.92 Å². The van der Waals surface area contributed by atoms with E-state index >= 15 is 0 Å². The van der Waals surface area contributed by atoms with Gasteiger partial charge in [0.2, 0.25) is 0 Å². The summed E-state index contributed by atoms with van der Waals surface area (Å²) in [6, 6.07) is 13.2. The zero-order chi connectivity index (χ0) is 17.9. The number of carbonyl (C=O) groups excluding carboxylic acids is 1. The highest BCUT2D eigenvalue weighted by atomic mass is 16.5. The van der Waals surface area contributed by atoms with Crippen LogP contribution in [0.4, 0.5) is 11.5 Å². The summed E-state index contributed by atoms with van der Waals surface area (Å²) in [5.41, 5.74) is 3.28. The molecule has 1 fully saturated rings. The lowest BCUT2D eigenvalue weighted by molar-refractivity contribution is 0.102. The second kappa shape index (κ2) is 7.09. The number of hydrogen-bond acceptors (Lipinski definition) is 5. The van der Waals surface area contributed by atoms with E-state index in [1.807, 2.05) is 49.4 Å². The Morgan fingerprint density at radius 1 is 1.08 bits per heavy atom. The highest BCUT2D eigenvalue weighted by Gasteiger charge is 2.16.